The standard InChI is InChI=1S/C16H19NO2/c1-4-12-6-8-13(9-7-12)15-10-14(16(18)19)11(3)17(15)5-2/h6-10H,4-5H2,1-3H3,(H,18,19). The van der Waals surface area contributed by atoms with Crippen molar-refractivity contribution in [3.8, 4) is 11.3 Å². The lowest BCUT2D eigenvalue weighted by Gasteiger charge is -2.09. The number of carboxylic acid groups (broad SMARTS) is 1. The van der Waals surface area contributed by atoms with E-state index in [0.717, 1.165) is 29.9 Å². The quantitative estimate of drug-likeness (QED) is 0.906. The Morgan fingerprint density at radius 3 is 2.32 bits per heavy atom. The minimum Gasteiger partial charge on any atom is -0.478 e. The predicted octanol–water partition coefficient (Wildman–Crippen LogP) is 3.74. The molecule has 0 atom stereocenters. The highest BCUT2D eigenvalue weighted by atomic mass is 16.4. The van der Waals surface area contributed by atoms with Crippen LogP contribution in [0.4, 0.5) is 0 Å². The Labute approximate surface area is 113 Å². The Kier molecular flexibility index (Phi) is 3.74. The van der Waals surface area contributed by atoms with Crippen LogP contribution in [-0.4, -0.2) is 15.6 Å². The number of hydrogen-bond donors (Lipinski definition) is 1. The van der Waals surface area contributed by atoms with Crippen molar-refractivity contribution in [1.82, 2.24) is 4.57 Å². The fourth-order valence-corrected chi connectivity index (χ4v) is 2.42. The molecule has 0 unspecified atom stereocenters. The van der Waals surface area contributed by atoms with Crippen LogP contribution in [0.2, 0.25) is 0 Å². The highest BCUT2D eigenvalue weighted by molar-refractivity contribution is 5.91. The summed E-state index contributed by atoms with van der Waals surface area (Å²) in [5.74, 6) is -0.865. The molecule has 0 amide bonds. The summed E-state index contributed by atoms with van der Waals surface area (Å²) in [5.41, 5.74) is 4.52. The first kappa shape index (κ1) is 13.4. The molecule has 0 aliphatic heterocycles. The van der Waals surface area contributed by atoms with Crippen LogP contribution in [0.25, 0.3) is 11.3 Å². The normalized spacial score (nSPS) is 10.7. The number of nitrogens with zero attached hydrogens (tertiary/aromatic N) is 1. The van der Waals surface area contributed by atoms with Crippen LogP contribution in [0, 0.1) is 6.92 Å². The van der Waals surface area contributed by atoms with E-state index in [1.165, 1.54) is 5.56 Å². The topological polar surface area (TPSA) is 42.2 Å². The van der Waals surface area contributed by atoms with E-state index in [9.17, 15) is 9.90 Å². The van der Waals surface area contributed by atoms with Crippen LogP contribution < -0.4 is 0 Å². The van der Waals surface area contributed by atoms with Crippen molar-refractivity contribution in [2.75, 3.05) is 0 Å². The molecule has 1 N–H and O–H groups in total. The largest absolute Gasteiger partial charge is 0.478 e. The fourth-order valence-electron chi connectivity index (χ4n) is 2.42. The first-order valence-corrected chi connectivity index (χ1v) is 6.61. The molecule has 19 heavy (non-hydrogen) atoms. The molecule has 0 aliphatic rings. The van der Waals surface area contributed by atoms with Gasteiger partial charge in [-0.1, -0.05) is 31.2 Å². The number of aromatic carboxylic acids is 1. The van der Waals surface area contributed by atoms with Crippen LogP contribution in [0.15, 0.2) is 30.3 Å². The van der Waals surface area contributed by atoms with Gasteiger partial charge in [0.15, 0.2) is 0 Å². The molecule has 0 bridgehead atoms. The SMILES string of the molecule is CCc1ccc(-c2cc(C(=O)O)c(C)n2CC)cc1. The third-order valence-corrected chi connectivity index (χ3v) is 3.57. The summed E-state index contributed by atoms with van der Waals surface area (Å²) in [6.07, 6.45) is 1.01. The zero-order chi connectivity index (χ0) is 14.0. The second-order valence-corrected chi connectivity index (χ2v) is 4.63. The van der Waals surface area contributed by atoms with Gasteiger partial charge in [0.25, 0.3) is 0 Å². The molecule has 0 spiro atoms. The van der Waals surface area contributed by atoms with Crippen molar-refractivity contribution in [3.63, 3.8) is 0 Å². The van der Waals surface area contributed by atoms with E-state index >= 15 is 0 Å². The van der Waals surface area contributed by atoms with E-state index in [2.05, 4.69) is 31.2 Å². The molecule has 0 fully saturated rings. The van der Waals surface area contributed by atoms with Gasteiger partial charge in [0.1, 0.15) is 0 Å². The molecule has 0 saturated carbocycles. The predicted molar refractivity (Wildman–Crippen MR) is 76.6 cm³/mol. The average molecular weight is 257 g/mol. The number of rotatable bonds is 4. The molecule has 1 heterocycles. The van der Waals surface area contributed by atoms with Crippen molar-refractivity contribution in [1.29, 1.82) is 0 Å². The fraction of sp³-hybridized carbons (Fsp3) is 0.312. The second kappa shape index (κ2) is 5.31. The summed E-state index contributed by atoms with van der Waals surface area (Å²) >= 11 is 0. The zero-order valence-electron chi connectivity index (χ0n) is 11.6. The molecule has 0 radical (unpaired) electrons. The van der Waals surface area contributed by atoms with E-state index in [1.807, 2.05) is 18.4 Å². The first-order valence-electron chi connectivity index (χ1n) is 6.61. The van der Waals surface area contributed by atoms with Gasteiger partial charge in [-0.3, -0.25) is 0 Å². The van der Waals surface area contributed by atoms with Crippen molar-refractivity contribution in [2.45, 2.75) is 33.7 Å². The Bertz CT molecular complexity index is 594. The molecular weight excluding hydrogens is 238 g/mol. The van der Waals surface area contributed by atoms with E-state index in [0.29, 0.717) is 5.56 Å². The maximum atomic E-state index is 11.2. The van der Waals surface area contributed by atoms with Crippen LogP contribution in [0.1, 0.15) is 35.5 Å². The minimum absolute atomic E-state index is 0.386. The second-order valence-electron chi connectivity index (χ2n) is 4.63. The molecule has 100 valence electrons. The number of aromatic nitrogens is 1. The van der Waals surface area contributed by atoms with Crippen molar-refractivity contribution < 1.29 is 9.90 Å². The highest BCUT2D eigenvalue weighted by Crippen LogP contribution is 2.26. The maximum absolute atomic E-state index is 11.2. The van der Waals surface area contributed by atoms with Crippen molar-refractivity contribution in [2.24, 2.45) is 0 Å². The smallest absolute Gasteiger partial charge is 0.337 e. The lowest BCUT2D eigenvalue weighted by atomic mass is 10.1. The van der Waals surface area contributed by atoms with Gasteiger partial charge in [0.2, 0.25) is 0 Å². The number of carboxylic acids is 1. The molecular formula is C16H19NO2. The van der Waals surface area contributed by atoms with E-state index in [-0.39, 0.29) is 0 Å². The summed E-state index contributed by atoms with van der Waals surface area (Å²) in [5, 5.41) is 9.21. The Hall–Kier alpha value is -2.03. The van der Waals surface area contributed by atoms with Gasteiger partial charge in [-0.05, 0) is 37.5 Å². The van der Waals surface area contributed by atoms with Crippen molar-refractivity contribution in [3.05, 3.63) is 47.2 Å². The van der Waals surface area contributed by atoms with Crippen molar-refractivity contribution >= 4 is 5.97 Å². The van der Waals surface area contributed by atoms with Crippen LogP contribution in [0.5, 0.6) is 0 Å². The Balaban J connectivity index is 2.54. The van der Waals surface area contributed by atoms with E-state index in [4.69, 9.17) is 0 Å². The molecule has 2 aromatic rings. The highest BCUT2D eigenvalue weighted by Gasteiger charge is 2.16. The molecule has 1 aromatic carbocycles. The Morgan fingerprint density at radius 2 is 1.84 bits per heavy atom. The summed E-state index contributed by atoms with van der Waals surface area (Å²) in [4.78, 5) is 11.2. The lowest BCUT2D eigenvalue weighted by Crippen LogP contribution is -2.02. The summed E-state index contributed by atoms with van der Waals surface area (Å²) in [6, 6.07) is 10.1. The molecule has 2 rings (SSSR count). The monoisotopic (exact) mass is 257 g/mol. The van der Waals surface area contributed by atoms with Gasteiger partial charge in [-0.15, -0.1) is 0 Å². The zero-order valence-corrected chi connectivity index (χ0v) is 11.6. The van der Waals surface area contributed by atoms with Gasteiger partial charge in [0.05, 0.1) is 5.56 Å². The summed E-state index contributed by atoms with van der Waals surface area (Å²) in [6.45, 7) is 6.78. The van der Waals surface area contributed by atoms with E-state index < -0.39 is 5.97 Å². The molecule has 1 aromatic heterocycles. The number of carbonyl (C=O) groups is 1. The van der Waals surface area contributed by atoms with Crippen LogP contribution >= 0.6 is 0 Å². The summed E-state index contributed by atoms with van der Waals surface area (Å²) in [7, 11) is 0. The minimum atomic E-state index is -0.865. The van der Waals surface area contributed by atoms with Gasteiger partial charge < -0.3 is 9.67 Å². The molecule has 3 nitrogen and oxygen atoms in total. The molecule has 3 heteroatoms. The number of benzene rings is 1. The van der Waals surface area contributed by atoms with Crippen LogP contribution in [0.3, 0.4) is 0 Å². The van der Waals surface area contributed by atoms with E-state index in [1.54, 1.807) is 6.07 Å². The van der Waals surface area contributed by atoms with Gasteiger partial charge in [-0.25, -0.2) is 4.79 Å². The lowest BCUT2D eigenvalue weighted by molar-refractivity contribution is 0.0696. The van der Waals surface area contributed by atoms with Gasteiger partial charge >= 0.3 is 5.97 Å². The van der Waals surface area contributed by atoms with Gasteiger partial charge in [-0.2, -0.15) is 0 Å². The average Bonchev–Trinajstić information content (AvgIpc) is 2.76. The first-order chi connectivity index (χ1) is 9.08. The Morgan fingerprint density at radius 1 is 1.21 bits per heavy atom. The third kappa shape index (κ3) is 2.41. The molecule has 0 saturated heterocycles. The number of hydrogen-bond acceptors (Lipinski definition) is 1. The van der Waals surface area contributed by atoms with Gasteiger partial charge in [0, 0.05) is 17.9 Å². The molecule has 0 aliphatic carbocycles. The maximum Gasteiger partial charge on any atom is 0.337 e. The number of aryl methyl sites for hydroxylation is 1. The summed E-state index contributed by atoms with van der Waals surface area (Å²) < 4.78 is 2.05. The van der Waals surface area contributed by atoms with Crippen LogP contribution in [-0.2, 0) is 13.0 Å². The third-order valence-electron chi connectivity index (χ3n) is 3.57.